The standard InChI is InChI=1S/C20H26N8O2/c1-14-6-7-21-19(24-14)25-15-2-4-16(5-3-15)30-20-26-18(27-8-10-29-11-9-27)12-17-22-13-23-28(17)20/h6-7,12-13,15-16H,2-5,8-11H2,1H3,(H,21,24,25)/t15-,16+. The molecule has 0 atom stereocenters. The molecule has 4 heterocycles. The Hall–Kier alpha value is -3.01. The molecule has 3 aromatic heterocycles. The van der Waals surface area contributed by atoms with Gasteiger partial charge in [0.2, 0.25) is 5.95 Å². The van der Waals surface area contributed by atoms with Crippen molar-refractivity contribution in [1.29, 1.82) is 0 Å². The Bertz CT molecular complexity index is 995. The summed E-state index contributed by atoms with van der Waals surface area (Å²) < 4.78 is 13.4. The third-order valence-electron chi connectivity index (χ3n) is 5.63. The molecule has 0 radical (unpaired) electrons. The molecule has 0 aromatic carbocycles. The fourth-order valence-electron chi connectivity index (χ4n) is 4.00. The number of hydrogen-bond donors (Lipinski definition) is 1. The van der Waals surface area contributed by atoms with Crippen molar-refractivity contribution in [3.8, 4) is 6.01 Å². The average molecular weight is 410 g/mol. The number of hydrogen-bond acceptors (Lipinski definition) is 9. The number of rotatable bonds is 5. The van der Waals surface area contributed by atoms with Gasteiger partial charge in [-0.1, -0.05) is 0 Å². The van der Waals surface area contributed by atoms with Crippen molar-refractivity contribution in [1.82, 2.24) is 29.5 Å². The van der Waals surface area contributed by atoms with E-state index >= 15 is 0 Å². The van der Waals surface area contributed by atoms with E-state index in [-0.39, 0.29) is 6.10 Å². The van der Waals surface area contributed by atoms with E-state index < -0.39 is 0 Å². The van der Waals surface area contributed by atoms with Gasteiger partial charge >= 0.3 is 6.01 Å². The molecule has 0 amide bonds. The molecule has 10 nitrogen and oxygen atoms in total. The smallest absolute Gasteiger partial charge is 0.321 e. The van der Waals surface area contributed by atoms with Crippen LogP contribution in [0.2, 0.25) is 0 Å². The third kappa shape index (κ3) is 4.13. The minimum atomic E-state index is 0.0984. The third-order valence-corrected chi connectivity index (χ3v) is 5.63. The molecule has 0 unspecified atom stereocenters. The van der Waals surface area contributed by atoms with Gasteiger partial charge in [-0.3, -0.25) is 0 Å². The van der Waals surface area contributed by atoms with E-state index in [9.17, 15) is 0 Å². The zero-order valence-corrected chi connectivity index (χ0v) is 17.1. The summed E-state index contributed by atoms with van der Waals surface area (Å²) in [5, 5.41) is 7.74. The van der Waals surface area contributed by atoms with Gasteiger partial charge in [-0.15, -0.1) is 0 Å². The number of aryl methyl sites for hydroxylation is 1. The number of nitrogens with zero attached hydrogens (tertiary/aromatic N) is 7. The van der Waals surface area contributed by atoms with Crippen LogP contribution in [0.5, 0.6) is 6.01 Å². The number of aromatic nitrogens is 6. The summed E-state index contributed by atoms with van der Waals surface area (Å²) in [6.07, 6.45) is 7.27. The molecular weight excluding hydrogens is 384 g/mol. The highest BCUT2D eigenvalue weighted by atomic mass is 16.5. The van der Waals surface area contributed by atoms with E-state index in [1.54, 1.807) is 10.7 Å². The van der Waals surface area contributed by atoms with E-state index in [1.807, 2.05) is 19.1 Å². The highest BCUT2D eigenvalue weighted by Gasteiger charge is 2.25. The molecular formula is C20H26N8O2. The monoisotopic (exact) mass is 410 g/mol. The molecule has 1 saturated heterocycles. The van der Waals surface area contributed by atoms with Crippen LogP contribution in [-0.2, 0) is 4.74 Å². The topological polar surface area (TPSA) is 103 Å². The van der Waals surface area contributed by atoms with Crippen molar-refractivity contribution in [2.75, 3.05) is 36.5 Å². The maximum atomic E-state index is 6.31. The van der Waals surface area contributed by atoms with E-state index in [0.29, 0.717) is 31.2 Å². The Balaban J connectivity index is 1.25. The number of morpholine rings is 1. The van der Waals surface area contributed by atoms with Crippen molar-refractivity contribution < 1.29 is 9.47 Å². The minimum absolute atomic E-state index is 0.0984. The van der Waals surface area contributed by atoms with Crippen LogP contribution in [0.25, 0.3) is 5.65 Å². The Kier molecular flexibility index (Phi) is 5.31. The maximum absolute atomic E-state index is 6.31. The number of ether oxygens (including phenoxy) is 2. The Morgan fingerprint density at radius 1 is 1.10 bits per heavy atom. The highest BCUT2D eigenvalue weighted by molar-refractivity contribution is 5.52. The lowest BCUT2D eigenvalue weighted by Gasteiger charge is -2.30. The second-order valence-corrected chi connectivity index (χ2v) is 7.78. The molecule has 1 saturated carbocycles. The second-order valence-electron chi connectivity index (χ2n) is 7.78. The minimum Gasteiger partial charge on any atom is -0.460 e. The van der Waals surface area contributed by atoms with Gasteiger partial charge in [0.15, 0.2) is 5.65 Å². The largest absolute Gasteiger partial charge is 0.460 e. The van der Waals surface area contributed by atoms with E-state index in [1.165, 1.54) is 6.33 Å². The van der Waals surface area contributed by atoms with Crippen LogP contribution in [0.4, 0.5) is 11.8 Å². The molecule has 1 aliphatic heterocycles. The molecule has 3 aromatic rings. The first-order chi connectivity index (χ1) is 14.7. The van der Waals surface area contributed by atoms with Crippen LogP contribution in [0.15, 0.2) is 24.7 Å². The number of nitrogens with one attached hydrogen (secondary N) is 1. The summed E-state index contributed by atoms with van der Waals surface area (Å²) in [6, 6.07) is 4.71. The SMILES string of the molecule is Cc1ccnc(N[C@H]2CC[C@@H](Oc3nc(N4CCOCC4)cc4ncnn34)CC2)n1. The molecule has 5 rings (SSSR count). The zero-order chi connectivity index (χ0) is 20.3. The number of anilines is 2. The summed E-state index contributed by atoms with van der Waals surface area (Å²) in [5.41, 5.74) is 1.71. The molecule has 30 heavy (non-hydrogen) atoms. The number of fused-ring (bicyclic) bond motifs is 1. The highest BCUT2D eigenvalue weighted by Crippen LogP contribution is 2.26. The average Bonchev–Trinajstić information content (AvgIpc) is 3.25. The van der Waals surface area contributed by atoms with Crippen molar-refractivity contribution >= 4 is 17.4 Å². The van der Waals surface area contributed by atoms with E-state index in [4.69, 9.17) is 14.5 Å². The van der Waals surface area contributed by atoms with Gasteiger partial charge in [-0.05, 0) is 38.7 Å². The Morgan fingerprint density at radius 2 is 1.93 bits per heavy atom. The van der Waals surface area contributed by atoms with Gasteiger partial charge in [-0.2, -0.15) is 14.6 Å². The lowest BCUT2D eigenvalue weighted by molar-refractivity contribution is 0.121. The second kappa shape index (κ2) is 8.39. The molecule has 2 fully saturated rings. The van der Waals surface area contributed by atoms with Crippen molar-refractivity contribution in [3.05, 3.63) is 30.4 Å². The van der Waals surface area contributed by atoms with E-state index in [2.05, 4.69) is 30.3 Å². The van der Waals surface area contributed by atoms with Crippen LogP contribution in [0.1, 0.15) is 31.4 Å². The predicted octanol–water partition coefficient (Wildman–Crippen LogP) is 1.86. The predicted molar refractivity (Wildman–Crippen MR) is 111 cm³/mol. The summed E-state index contributed by atoms with van der Waals surface area (Å²) in [6.45, 7) is 5.01. The fourth-order valence-corrected chi connectivity index (χ4v) is 4.00. The summed E-state index contributed by atoms with van der Waals surface area (Å²) >= 11 is 0. The summed E-state index contributed by atoms with van der Waals surface area (Å²) in [4.78, 5) is 20.1. The van der Waals surface area contributed by atoms with Gasteiger partial charge < -0.3 is 19.7 Å². The Morgan fingerprint density at radius 3 is 2.73 bits per heavy atom. The quantitative estimate of drug-likeness (QED) is 0.675. The van der Waals surface area contributed by atoms with Crippen LogP contribution in [0, 0.1) is 6.92 Å². The van der Waals surface area contributed by atoms with Gasteiger partial charge in [0.05, 0.1) is 13.2 Å². The van der Waals surface area contributed by atoms with Gasteiger partial charge in [-0.25, -0.2) is 15.0 Å². The molecule has 0 spiro atoms. The van der Waals surface area contributed by atoms with Gasteiger partial charge in [0.1, 0.15) is 18.2 Å². The van der Waals surface area contributed by atoms with Gasteiger partial charge in [0, 0.05) is 37.1 Å². The van der Waals surface area contributed by atoms with Gasteiger partial charge in [0.25, 0.3) is 0 Å². The van der Waals surface area contributed by atoms with Crippen LogP contribution in [0.3, 0.4) is 0 Å². The molecule has 0 bridgehead atoms. The molecule has 158 valence electrons. The molecule has 1 aliphatic carbocycles. The van der Waals surface area contributed by atoms with Crippen LogP contribution < -0.4 is 15.0 Å². The fraction of sp³-hybridized carbons (Fsp3) is 0.550. The summed E-state index contributed by atoms with van der Waals surface area (Å²) in [7, 11) is 0. The molecule has 2 aliphatic rings. The Labute approximate surface area is 174 Å². The first-order valence-electron chi connectivity index (χ1n) is 10.5. The lowest BCUT2D eigenvalue weighted by Crippen LogP contribution is -2.37. The zero-order valence-electron chi connectivity index (χ0n) is 17.1. The van der Waals surface area contributed by atoms with Crippen LogP contribution in [-0.4, -0.2) is 68.0 Å². The molecule has 10 heteroatoms. The molecule has 1 N–H and O–H groups in total. The lowest BCUT2D eigenvalue weighted by atomic mass is 9.93. The van der Waals surface area contributed by atoms with Crippen molar-refractivity contribution in [2.45, 2.75) is 44.8 Å². The van der Waals surface area contributed by atoms with Crippen molar-refractivity contribution in [3.63, 3.8) is 0 Å². The summed E-state index contributed by atoms with van der Waals surface area (Å²) in [5.74, 6) is 1.56. The first-order valence-corrected chi connectivity index (χ1v) is 10.5. The first kappa shape index (κ1) is 19.0. The maximum Gasteiger partial charge on any atom is 0.321 e. The van der Waals surface area contributed by atoms with Crippen molar-refractivity contribution in [2.24, 2.45) is 0 Å². The van der Waals surface area contributed by atoms with E-state index in [0.717, 1.165) is 55.9 Å². The normalized spacial score (nSPS) is 22.2. The van der Waals surface area contributed by atoms with Crippen LogP contribution >= 0.6 is 0 Å².